The van der Waals surface area contributed by atoms with Crippen LogP contribution in [0.4, 0.5) is 4.39 Å². The summed E-state index contributed by atoms with van der Waals surface area (Å²) in [5.41, 5.74) is 2.04. The zero-order chi connectivity index (χ0) is 18.3. The molecular weight excluding hydrogens is 331 g/mol. The molecule has 2 atom stereocenters. The third-order valence-corrected chi connectivity index (χ3v) is 5.53. The van der Waals surface area contributed by atoms with Crippen molar-refractivity contribution >= 4 is 11.8 Å². The Bertz CT molecular complexity index is 814. The van der Waals surface area contributed by atoms with Gasteiger partial charge in [-0.1, -0.05) is 24.3 Å². The number of likely N-dealkylation sites (tertiary alicyclic amines) is 1. The zero-order valence-electron chi connectivity index (χ0n) is 14.7. The molecule has 0 bridgehead atoms. The van der Waals surface area contributed by atoms with E-state index in [-0.39, 0.29) is 29.5 Å². The van der Waals surface area contributed by atoms with Crippen molar-refractivity contribution in [3.8, 4) is 0 Å². The van der Waals surface area contributed by atoms with Crippen molar-refractivity contribution in [1.29, 1.82) is 0 Å². The summed E-state index contributed by atoms with van der Waals surface area (Å²) >= 11 is 0. The molecule has 5 heteroatoms. The minimum Gasteiger partial charge on any atom is -0.306 e. The second-order valence-corrected chi connectivity index (χ2v) is 7.24. The molecule has 1 fully saturated rings. The van der Waals surface area contributed by atoms with Crippen LogP contribution in [-0.4, -0.2) is 48.3 Å². The number of rotatable bonds is 3. The van der Waals surface area contributed by atoms with Gasteiger partial charge in [0.1, 0.15) is 5.82 Å². The number of benzene rings is 2. The Morgan fingerprint density at radius 3 is 2.23 bits per heavy atom. The molecule has 4 nitrogen and oxygen atoms in total. The van der Waals surface area contributed by atoms with Crippen LogP contribution in [0, 0.1) is 11.7 Å². The molecule has 0 spiro atoms. The number of nitrogens with zero attached hydrogens (tertiary/aromatic N) is 2. The van der Waals surface area contributed by atoms with Crippen LogP contribution < -0.4 is 0 Å². The number of imide groups is 1. The van der Waals surface area contributed by atoms with Crippen molar-refractivity contribution in [2.75, 3.05) is 26.7 Å². The second kappa shape index (κ2) is 6.65. The van der Waals surface area contributed by atoms with E-state index < -0.39 is 0 Å². The van der Waals surface area contributed by atoms with Crippen molar-refractivity contribution < 1.29 is 14.0 Å². The van der Waals surface area contributed by atoms with Gasteiger partial charge in [-0.15, -0.1) is 0 Å². The predicted molar refractivity (Wildman–Crippen MR) is 96.6 cm³/mol. The molecule has 0 saturated carbocycles. The summed E-state index contributed by atoms with van der Waals surface area (Å²) in [6.07, 6.45) is 0.927. The highest BCUT2D eigenvalue weighted by Gasteiger charge is 2.39. The van der Waals surface area contributed by atoms with Crippen molar-refractivity contribution in [2.24, 2.45) is 5.92 Å². The summed E-state index contributed by atoms with van der Waals surface area (Å²) in [6.45, 7) is 2.13. The highest BCUT2D eigenvalue weighted by Crippen LogP contribution is 2.35. The van der Waals surface area contributed by atoms with Gasteiger partial charge in [0.05, 0.1) is 11.1 Å². The van der Waals surface area contributed by atoms with E-state index >= 15 is 0 Å². The van der Waals surface area contributed by atoms with Gasteiger partial charge in [0.25, 0.3) is 11.8 Å². The van der Waals surface area contributed by atoms with E-state index in [9.17, 15) is 14.0 Å². The molecule has 0 aliphatic carbocycles. The maximum absolute atomic E-state index is 13.3. The monoisotopic (exact) mass is 352 g/mol. The number of carbonyl (C=O) groups excluding carboxylic acids is 2. The van der Waals surface area contributed by atoms with Crippen LogP contribution in [-0.2, 0) is 0 Å². The van der Waals surface area contributed by atoms with E-state index in [1.54, 1.807) is 24.3 Å². The van der Waals surface area contributed by atoms with Gasteiger partial charge in [0, 0.05) is 13.1 Å². The minimum atomic E-state index is -0.251. The van der Waals surface area contributed by atoms with Gasteiger partial charge < -0.3 is 4.90 Å². The molecule has 2 heterocycles. The average Bonchev–Trinajstić information content (AvgIpc) is 2.88. The summed E-state index contributed by atoms with van der Waals surface area (Å²) in [6, 6.07) is 13.6. The Kier molecular flexibility index (Phi) is 4.32. The van der Waals surface area contributed by atoms with Crippen LogP contribution in [0.25, 0.3) is 0 Å². The maximum atomic E-state index is 13.3. The van der Waals surface area contributed by atoms with E-state index in [4.69, 9.17) is 0 Å². The Labute approximate surface area is 152 Å². The summed E-state index contributed by atoms with van der Waals surface area (Å²) in [7, 11) is 2.05. The lowest BCUT2D eigenvalue weighted by atomic mass is 9.80. The predicted octanol–water partition coefficient (Wildman–Crippen LogP) is 3.16. The lowest BCUT2D eigenvalue weighted by Gasteiger charge is -2.38. The Morgan fingerprint density at radius 2 is 1.62 bits per heavy atom. The largest absolute Gasteiger partial charge is 0.306 e. The van der Waals surface area contributed by atoms with E-state index in [0.717, 1.165) is 25.1 Å². The van der Waals surface area contributed by atoms with Gasteiger partial charge in [-0.25, -0.2) is 4.39 Å². The first kappa shape index (κ1) is 16.9. The summed E-state index contributed by atoms with van der Waals surface area (Å²) < 4.78 is 13.3. The fourth-order valence-electron chi connectivity index (χ4n) is 4.19. The molecule has 134 valence electrons. The van der Waals surface area contributed by atoms with Gasteiger partial charge in [-0.3, -0.25) is 14.5 Å². The Morgan fingerprint density at radius 1 is 1.00 bits per heavy atom. The molecule has 2 aromatic rings. The zero-order valence-corrected chi connectivity index (χ0v) is 14.7. The molecule has 2 aliphatic rings. The molecule has 4 rings (SSSR count). The molecule has 0 N–H and O–H groups in total. The first-order chi connectivity index (χ1) is 12.5. The average molecular weight is 352 g/mol. The molecule has 2 amide bonds. The highest BCUT2D eigenvalue weighted by atomic mass is 19.1. The molecule has 2 aromatic carbocycles. The van der Waals surface area contributed by atoms with E-state index in [2.05, 4.69) is 11.9 Å². The molecule has 26 heavy (non-hydrogen) atoms. The fraction of sp³-hybridized carbons (Fsp3) is 0.333. The number of hydrogen-bond acceptors (Lipinski definition) is 3. The number of halogens is 1. The van der Waals surface area contributed by atoms with Gasteiger partial charge >= 0.3 is 0 Å². The van der Waals surface area contributed by atoms with Gasteiger partial charge in [0.2, 0.25) is 0 Å². The van der Waals surface area contributed by atoms with E-state index in [1.807, 2.05) is 12.1 Å². The first-order valence-corrected chi connectivity index (χ1v) is 8.94. The first-order valence-electron chi connectivity index (χ1n) is 8.94. The van der Waals surface area contributed by atoms with Crippen LogP contribution in [0.15, 0.2) is 48.5 Å². The third kappa shape index (κ3) is 2.92. The minimum absolute atomic E-state index is 0.126. The van der Waals surface area contributed by atoms with Crippen LogP contribution in [0.5, 0.6) is 0 Å². The van der Waals surface area contributed by atoms with Crippen molar-refractivity contribution in [3.63, 3.8) is 0 Å². The lowest BCUT2D eigenvalue weighted by Crippen LogP contribution is -2.44. The summed E-state index contributed by atoms with van der Waals surface area (Å²) in [5.74, 6) is -0.343. The number of fused-ring (bicyclic) bond motifs is 1. The SMILES string of the molecule is CN1CC[C@@H](c2ccc(F)cc2)[C@H](CN2C(=O)c3ccccc3C2=O)C1. The standard InChI is InChI=1S/C21H21FN2O2/c1-23-11-10-17(14-6-8-16(22)9-7-14)15(12-23)13-24-20(25)18-4-2-3-5-19(18)21(24)26/h2-9,15,17H,10-13H2,1H3/t15-,17-/m0/s1. The molecule has 0 aromatic heterocycles. The fourth-order valence-corrected chi connectivity index (χ4v) is 4.19. The van der Waals surface area contributed by atoms with Crippen LogP contribution >= 0.6 is 0 Å². The molecule has 1 saturated heterocycles. The number of hydrogen-bond donors (Lipinski definition) is 0. The van der Waals surface area contributed by atoms with Crippen LogP contribution in [0.2, 0.25) is 0 Å². The Balaban J connectivity index is 1.59. The van der Waals surface area contributed by atoms with Crippen molar-refractivity contribution in [1.82, 2.24) is 9.80 Å². The number of amides is 2. The van der Waals surface area contributed by atoms with Crippen molar-refractivity contribution in [3.05, 3.63) is 71.0 Å². The summed E-state index contributed by atoms with van der Waals surface area (Å²) in [4.78, 5) is 29.0. The number of carbonyl (C=O) groups is 2. The molecule has 0 unspecified atom stereocenters. The van der Waals surface area contributed by atoms with E-state index in [1.165, 1.54) is 17.0 Å². The van der Waals surface area contributed by atoms with Gasteiger partial charge in [-0.05, 0) is 61.7 Å². The summed E-state index contributed by atoms with van der Waals surface area (Å²) in [5, 5.41) is 0. The normalized spacial score (nSPS) is 23.4. The third-order valence-electron chi connectivity index (χ3n) is 5.53. The topological polar surface area (TPSA) is 40.6 Å². The quantitative estimate of drug-likeness (QED) is 0.797. The molecule has 0 radical (unpaired) electrons. The maximum Gasteiger partial charge on any atom is 0.261 e. The lowest BCUT2D eigenvalue weighted by molar-refractivity contribution is 0.0583. The smallest absolute Gasteiger partial charge is 0.261 e. The van der Waals surface area contributed by atoms with E-state index in [0.29, 0.717) is 17.7 Å². The van der Waals surface area contributed by atoms with Crippen LogP contribution in [0.3, 0.4) is 0 Å². The second-order valence-electron chi connectivity index (χ2n) is 7.24. The molecule has 2 aliphatic heterocycles. The van der Waals surface area contributed by atoms with Crippen LogP contribution in [0.1, 0.15) is 38.6 Å². The van der Waals surface area contributed by atoms with Gasteiger partial charge in [-0.2, -0.15) is 0 Å². The number of piperidine rings is 1. The van der Waals surface area contributed by atoms with Gasteiger partial charge in [0.15, 0.2) is 0 Å². The Hall–Kier alpha value is -2.53. The molecular formula is C21H21FN2O2. The highest BCUT2D eigenvalue weighted by molar-refractivity contribution is 6.21. The van der Waals surface area contributed by atoms with Crippen molar-refractivity contribution in [2.45, 2.75) is 12.3 Å².